The molecule has 3 N–H and O–H groups in total. The quantitative estimate of drug-likeness (QED) is 0.766. The number of aromatic amines is 1. The minimum Gasteiger partial charge on any atom is -0.497 e. The molecule has 4 heteroatoms. The Morgan fingerprint density at radius 2 is 2.20 bits per heavy atom. The number of nitrogens with one attached hydrogen (secondary N) is 1. The number of nitrogens with two attached hydrogens (primary N) is 1. The first-order chi connectivity index (χ1) is 7.24. The summed E-state index contributed by atoms with van der Waals surface area (Å²) in [6.45, 7) is 0.247. The summed E-state index contributed by atoms with van der Waals surface area (Å²) >= 11 is 0. The first-order valence-corrected chi connectivity index (χ1v) is 4.64. The molecule has 0 saturated carbocycles. The monoisotopic (exact) mass is 204 g/mol. The molecule has 0 radical (unpaired) electrons. The minimum absolute atomic E-state index is 0.141. The van der Waals surface area contributed by atoms with Crippen LogP contribution in [0.25, 0.3) is 10.9 Å². The van der Waals surface area contributed by atoms with Crippen LogP contribution in [0.2, 0.25) is 0 Å². The van der Waals surface area contributed by atoms with Crippen molar-refractivity contribution in [2.75, 3.05) is 7.11 Å². The van der Waals surface area contributed by atoms with Crippen LogP contribution in [0.5, 0.6) is 5.75 Å². The van der Waals surface area contributed by atoms with E-state index in [1.807, 2.05) is 12.1 Å². The average molecular weight is 204 g/mol. The van der Waals surface area contributed by atoms with Crippen LogP contribution < -0.4 is 16.0 Å². The van der Waals surface area contributed by atoms with Gasteiger partial charge in [0.05, 0.1) is 12.6 Å². The van der Waals surface area contributed by atoms with E-state index in [0.717, 1.165) is 16.7 Å². The summed E-state index contributed by atoms with van der Waals surface area (Å²) in [6.07, 6.45) is 0. The number of fused-ring (bicyclic) bond motifs is 1. The molecule has 2 aromatic rings. The van der Waals surface area contributed by atoms with E-state index in [4.69, 9.17) is 10.5 Å². The second-order valence-corrected chi connectivity index (χ2v) is 3.28. The molecule has 15 heavy (non-hydrogen) atoms. The summed E-state index contributed by atoms with van der Waals surface area (Å²) in [5, 5.41) is 0.954. The molecule has 0 aliphatic heterocycles. The zero-order chi connectivity index (χ0) is 10.8. The molecular formula is C11H12N2O2. The Labute approximate surface area is 86.7 Å². The van der Waals surface area contributed by atoms with Crippen molar-refractivity contribution in [3.63, 3.8) is 0 Å². The number of rotatable bonds is 2. The van der Waals surface area contributed by atoms with Crippen LogP contribution in [0.3, 0.4) is 0 Å². The molecule has 1 aromatic heterocycles. The van der Waals surface area contributed by atoms with E-state index in [2.05, 4.69) is 4.98 Å². The molecule has 0 amide bonds. The Morgan fingerprint density at radius 3 is 2.87 bits per heavy atom. The smallest absolute Gasteiger partial charge is 0.252 e. The van der Waals surface area contributed by atoms with E-state index in [9.17, 15) is 4.79 Å². The van der Waals surface area contributed by atoms with E-state index >= 15 is 0 Å². The molecule has 0 fully saturated rings. The number of hydrogen-bond acceptors (Lipinski definition) is 3. The average Bonchev–Trinajstić information content (AvgIpc) is 2.27. The van der Waals surface area contributed by atoms with Gasteiger partial charge in [0, 0.05) is 18.2 Å². The lowest BCUT2D eigenvalue weighted by Crippen LogP contribution is -2.15. The highest BCUT2D eigenvalue weighted by molar-refractivity contribution is 5.80. The Morgan fingerprint density at radius 1 is 1.40 bits per heavy atom. The van der Waals surface area contributed by atoms with Crippen LogP contribution in [-0.2, 0) is 6.54 Å². The van der Waals surface area contributed by atoms with Gasteiger partial charge in [-0.2, -0.15) is 0 Å². The van der Waals surface area contributed by atoms with Crippen LogP contribution in [0.1, 0.15) is 5.56 Å². The summed E-state index contributed by atoms with van der Waals surface area (Å²) in [7, 11) is 1.59. The van der Waals surface area contributed by atoms with Gasteiger partial charge in [-0.05, 0) is 23.6 Å². The maximum Gasteiger partial charge on any atom is 0.252 e. The van der Waals surface area contributed by atoms with Crippen molar-refractivity contribution in [2.45, 2.75) is 6.54 Å². The molecule has 78 valence electrons. The van der Waals surface area contributed by atoms with E-state index in [0.29, 0.717) is 5.56 Å². The van der Waals surface area contributed by atoms with Crippen molar-refractivity contribution in [2.24, 2.45) is 5.73 Å². The third-order valence-electron chi connectivity index (χ3n) is 2.35. The number of pyridine rings is 1. The number of ether oxygens (including phenoxy) is 1. The highest BCUT2D eigenvalue weighted by Gasteiger charge is 2.01. The fourth-order valence-corrected chi connectivity index (χ4v) is 1.50. The Kier molecular flexibility index (Phi) is 2.43. The molecule has 2 rings (SSSR count). The zero-order valence-electron chi connectivity index (χ0n) is 8.41. The van der Waals surface area contributed by atoms with Gasteiger partial charge in [-0.3, -0.25) is 4.79 Å². The highest BCUT2D eigenvalue weighted by Crippen LogP contribution is 2.18. The molecule has 0 aliphatic carbocycles. The van der Waals surface area contributed by atoms with Crippen LogP contribution in [-0.4, -0.2) is 12.1 Å². The molecule has 0 saturated heterocycles. The van der Waals surface area contributed by atoms with Gasteiger partial charge in [-0.25, -0.2) is 0 Å². The molecule has 1 aromatic carbocycles. The summed E-state index contributed by atoms with van der Waals surface area (Å²) in [4.78, 5) is 14.3. The maximum atomic E-state index is 11.5. The van der Waals surface area contributed by atoms with E-state index in [-0.39, 0.29) is 12.1 Å². The van der Waals surface area contributed by atoms with Crippen LogP contribution >= 0.6 is 0 Å². The second kappa shape index (κ2) is 3.74. The third-order valence-corrected chi connectivity index (χ3v) is 2.35. The SMILES string of the molecule is COc1ccc2cc(CN)c(=O)[nH]c2c1. The Bertz CT molecular complexity index is 546. The van der Waals surface area contributed by atoms with Crippen molar-refractivity contribution >= 4 is 10.9 Å². The van der Waals surface area contributed by atoms with E-state index in [1.54, 1.807) is 19.2 Å². The number of benzene rings is 1. The van der Waals surface area contributed by atoms with Crippen molar-refractivity contribution < 1.29 is 4.74 Å². The predicted molar refractivity (Wildman–Crippen MR) is 59.0 cm³/mol. The second-order valence-electron chi connectivity index (χ2n) is 3.28. The molecule has 0 aliphatic rings. The van der Waals surface area contributed by atoms with Gasteiger partial charge in [0.2, 0.25) is 0 Å². The number of H-pyrrole nitrogens is 1. The summed E-state index contributed by atoms with van der Waals surface area (Å²) in [5.41, 5.74) is 6.66. The number of methoxy groups -OCH3 is 1. The Balaban J connectivity index is 2.70. The summed E-state index contributed by atoms with van der Waals surface area (Å²) in [5.74, 6) is 0.721. The lowest BCUT2D eigenvalue weighted by molar-refractivity contribution is 0.415. The van der Waals surface area contributed by atoms with Gasteiger partial charge in [0.15, 0.2) is 0 Å². The van der Waals surface area contributed by atoms with Crippen molar-refractivity contribution in [3.05, 3.63) is 40.2 Å². The van der Waals surface area contributed by atoms with Gasteiger partial charge in [-0.1, -0.05) is 0 Å². The summed E-state index contributed by atoms with van der Waals surface area (Å²) < 4.78 is 5.07. The van der Waals surface area contributed by atoms with E-state index < -0.39 is 0 Å². The number of hydrogen-bond donors (Lipinski definition) is 2. The van der Waals surface area contributed by atoms with Gasteiger partial charge in [-0.15, -0.1) is 0 Å². The molecule has 0 spiro atoms. The maximum absolute atomic E-state index is 11.5. The van der Waals surface area contributed by atoms with Gasteiger partial charge < -0.3 is 15.5 Å². The van der Waals surface area contributed by atoms with Crippen LogP contribution in [0, 0.1) is 0 Å². The zero-order valence-corrected chi connectivity index (χ0v) is 8.41. The number of aromatic nitrogens is 1. The van der Waals surface area contributed by atoms with Crippen molar-refractivity contribution in [1.82, 2.24) is 4.98 Å². The van der Waals surface area contributed by atoms with Crippen LogP contribution in [0.15, 0.2) is 29.1 Å². The van der Waals surface area contributed by atoms with Crippen molar-refractivity contribution in [3.8, 4) is 5.75 Å². The minimum atomic E-state index is -0.141. The Hall–Kier alpha value is -1.81. The van der Waals surface area contributed by atoms with Gasteiger partial charge in [0.25, 0.3) is 5.56 Å². The largest absolute Gasteiger partial charge is 0.497 e. The lowest BCUT2D eigenvalue weighted by Gasteiger charge is -2.03. The summed E-state index contributed by atoms with van der Waals surface area (Å²) in [6, 6.07) is 7.33. The third kappa shape index (κ3) is 1.71. The molecule has 0 bridgehead atoms. The van der Waals surface area contributed by atoms with E-state index in [1.165, 1.54) is 0 Å². The van der Waals surface area contributed by atoms with Crippen molar-refractivity contribution in [1.29, 1.82) is 0 Å². The first-order valence-electron chi connectivity index (χ1n) is 4.64. The molecule has 1 heterocycles. The van der Waals surface area contributed by atoms with Crippen LogP contribution in [0.4, 0.5) is 0 Å². The first kappa shape index (κ1) is 9.73. The molecular weight excluding hydrogens is 192 g/mol. The molecule has 4 nitrogen and oxygen atoms in total. The fourth-order valence-electron chi connectivity index (χ4n) is 1.50. The molecule has 0 atom stereocenters. The highest BCUT2D eigenvalue weighted by atomic mass is 16.5. The normalized spacial score (nSPS) is 10.5. The predicted octanol–water partition coefficient (Wildman–Crippen LogP) is 0.995. The lowest BCUT2D eigenvalue weighted by atomic mass is 10.1. The van der Waals surface area contributed by atoms with Gasteiger partial charge >= 0.3 is 0 Å². The fraction of sp³-hybridized carbons (Fsp3) is 0.182. The molecule has 0 unspecified atom stereocenters. The standard InChI is InChI=1S/C11H12N2O2/c1-15-9-3-2-7-4-8(6-12)11(14)13-10(7)5-9/h2-5H,6,12H2,1H3,(H,13,14). The topological polar surface area (TPSA) is 68.1 Å². The van der Waals surface area contributed by atoms with Gasteiger partial charge in [0.1, 0.15) is 5.75 Å².